The molecular formula is C49H35NO. The minimum atomic E-state index is -0.0819. The molecule has 8 aromatic carbocycles. The SMILES string of the molecule is CC1(C)c2ccccc2-c2c(-c3ccccc3N(c3cccc(-c4ccc5c(c4)oc4ccccc45)c3)c3cccc4ccccc34)cccc21. The molecule has 0 aliphatic heterocycles. The third kappa shape index (κ3) is 4.57. The van der Waals surface area contributed by atoms with Gasteiger partial charge in [-0.2, -0.15) is 0 Å². The van der Waals surface area contributed by atoms with Gasteiger partial charge in [-0.1, -0.05) is 147 Å². The molecule has 0 saturated carbocycles. The lowest BCUT2D eigenvalue weighted by atomic mass is 9.82. The van der Waals surface area contributed by atoms with Crippen molar-refractivity contribution in [2.45, 2.75) is 19.3 Å². The van der Waals surface area contributed by atoms with Gasteiger partial charge in [0, 0.05) is 32.8 Å². The molecule has 0 spiro atoms. The summed E-state index contributed by atoms with van der Waals surface area (Å²) in [6.45, 7) is 4.70. The molecule has 0 fully saturated rings. The van der Waals surface area contributed by atoms with E-state index in [1.54, 1.807) is 0 Å². The van der Waals surface area contributed by atoms with Gasteiger partial charge < -0.3 is 9.32 Å². The van der Waals surface area contributed by atoms with Gasteiger partial charge in [-0.3, -0.25) is 0 Å². The molecule has 10 rings (SSSR count). The minimum Gasteiger partial charge on any atom is -0.456 e. The van der Waals surface area contributed by atoms with E-state index in [1.807, 2.05) is 12.1 Å². The lowest BCUT2D eigenvalue weighted by molar-refractivity contribution is 0.660. The Morgan fingerprint density at radius 1 is 0.431 bits per heavy atom. The average Bonchev–Trinajstić information content (AvgIpc) is 3.67. The van der Waals surface area contributed by atoms with Crippen LogP contribution in [0.5, 0.6) is 0 Å². The number of benzene rings is 8. The van der Waals surface area contributed by atoms with E-state index < -0.39 is 0 Å². The molecule has 0 saturated heterocycles. The summed E-state index contributed by atoms with van der Waals surface area (Å²) in [5, 5.41) is 4.69. The fourth-order valence-electron chi connectivity index (χ4n) is 8.42. The molecular weight excluding hydrogens is 619 g/mol. The van der Waals surface area contributed by atoms with E-state index >= 15 is 0 Å². The normalized spacial score (nSPS) is 13.1. The highest BCUT2D eigenvalue weighted by atomic mass is 16.3. The van der Waals surface area contributed by atoms with E-state index in [9.17, 15) is 0 Å². The first-order valence-corrected chi connectivity index (χ1v) is 17.7. The maximum Gasteiger partial charge on any atom is 0.136 e. The Labute approximate surface area is 297 Å². The van der Waals surface area contributed by atoms with Gasteiger partial charge in [-0.15, -0.1) is 0 Å². The molecule has 0 bridgehead atoms. The molecule has 51 heavy (non-hydrogen) atoms. The minimum absolute atomic E-state index is 0.0819. The van der Waals surface area contributed by atoms with Crippen LogP contribution in [0.3, 0.4) is 0 Å². The van der Waals surface area contributed by atoms with E-state index in [0.717, 1.165) is 50.1 Å². The fraction of sp³-hybridized carbons (Fsp3) is 0.0612. The largest absolute Gasteiger partial charge is 0.456 e. The summed E-state index contributed by atoms with van der Waals surface area (Å²) in [5.74, 6) is 0. The van der Waals surface area contributed by atoms with Gasteiger partial charge in [0.15, 0.2) is 0 Å². The lowest BCUT2D eigenvalue weighted by Crippen LogP contribution is -2.15. The number of para-hydroxylation sites is 2. The van der Waals surface area contributed by atoms with Crippen LogP contribution in [0.4, 0.5) is 17.1 Å². The molecule has 0 unspecified atom stereocenters. The van der Waals surface area contributed by atoms with Crippen molar-refractivity contribution in [1.82, 2.24) is 0 Å². The smallest absolute Gasteiger partial charge is 0.136 e. The first-order valence-electron chi connectivity index (χ1n) is 17.7. The number of fused-ring (bicyclic) bond motifs is 7. The number of hydrogen-bond donors (Lipinski definition) is 0. The molecule has 0 amide bonds. The Morgan fingerprint density at radius 2 is 1.06 bits per heavy atom. The van der Waals surface area contributed by atoms with Crippen molar-refractivity contribution in [3.8, 4) is 33.4 Å². The van der Waals surface area contributed by atoms with E-state index in [1.165, 1.54) is 44.2 Å². The Bertz CT molecular complexity index is 2800. The standard InChI is InChI=1S/C49H35NO/c1-49(2)42-23-8-5-21-41(42)48-40(22-13-24-43(48)49)37-19-6-9-25-45(37)50(44-26-12-15-32-14-3-4-18-36(32)44)35-17-11-16-33(30-35)34-28-29-39-38-20-7-10-27-46(38)51-47(39)31-34/h3-31H,1-2H3. The lowest BCUT2D eigenvalue weighted by Gasteiger charge is -2.30. The Hall–Kier alpha value is -6.38. The number of rotatable bonds is 5. The molecule has 0 N–H and O–H groups in total. The predicted octanol–water partition coefficient (Wildman–Crippen LogP) is 13.8. The van der Waals surface area contributed by atoms with E-state index in [4.69, 9.17) is 4.42 Å². The topological polar surface area (TPSA) is 16.4 Å². The van der Waals surface area contributed by atoms with Crippen LogP contribution in [-0.2, 0) is 5.41 Å². The summed E-state index contributed by atoms with van der Waals surface area (Å²) < 4.78 is 6.31. The van der Waals surface area contributed by atoms with Gasteiger partial charge >= 0.3 is 0 Å². The van der Waals surface area contributed by atoms with Crippen molar-refractivity contribution in [3.05, 3.63) is 187 Å². The third-order valence-electron chi connectivity index (χ3n) is 10.9. The van der Waals surface area contributed by atoms with Crippen molar-refractivity contribution in [2.75, 3.05) is 4.90 Å². The number of anilines is 3. The highest BCUT2D eigenvalue weighted by Crippen LogP contribution is 2.54. The van der Waals surface area contributed by atoms with Crippen molar-refractivity contribution >= 4 is 49.8 Å². The predicted molar refractivity (Wildman–Crippen MR) is 214 cm³/mol. The number of nitrogens with zero attached hydrogens (tertiary/aromatic N) is 1. The molecule has 0 radical (unpaired) electrons. The summed E-state index contributed by atoms with van der Waals surface area (Å²) in [5.41, 5.74) is 15.2. The monoisotopic (exact) mass is 653 g/mol. The third-order valence-corrected chi connectivity index (χ3v) is 10.9. The Morgan fingerprint density at radius 3 is 1.98 bits per heavy atom. The highest BCUT2D eigenvalue weighted by Gasteiger charge is 2.37. The van der Waals surface area contributed by atoms with E-state index in [0.29, 0.717) is 0 Å². The second kappa shape index (κ2) is 11.3. The first-order chi connectivity index (χ1) is 25.1. The second-order valence-electron chi connectivity index (χ2n) is 14.1. The fourth-order valence-corrected chi connectivity index (χ4v) is 8.42. The van der Waals surface area contributed by atoms with Gasteiger partial charge in [-0.05, 0) is 86.8 Å². The number of hydrogen-bond acceptors (Lipinski definition) is 2. The quantitative estimate of drug-likeness (QED) is 0.184. The van der Waals surface area contributed by atoms with Crippen molar-refractivity contribution in [2.24, 2.45) is 0 Å². The number of furan rings is 1. The average molecular weight is 654 g/mol. The molecule has 9 aromatic rings. The molecule has 1 aliphatic carbocycles. The van der Waals surface area contributed by atoms with Crippen LogP contribution < -0.4 is 4.90 Å². The van der Waals surface area contributed by atoms with Gasteiger partial charge in [0.25, 0.3) is 0 Å². The Balaban J connectivity index is 1.20. The molecule has 1 heterocycles. The van der Waals surface area contributed by atoms with E-state index in [2.05, 4.69) is 183 Å². The first kappa shape index (κ1) is 29.5. The van der Waals surface area contributed by atoms with Gasteiger partial charge in [0.05, 0.1) is 11.4 Å². The van der Waals surface area contributed by atoms with Crippen LogP contribution in [0.15, 0.2) is 180 Å². The van der Waals surface area contributed by atoms with Crippen LogP contribution in [-0.4, -0.2) is 0 Å². The maximum atomic E-state index is 6.31. The summed E-state index contributed by atoms with van der Waals surface area (Å²) >= 11 is 0. The van der Waals surface area contributed by atoms with E-state index in [-0.39, 0.29) is 5.41 Å². The van der Waals surface area contributed by atoms with Gasteiger partial charge in [-0.25, -0.2) is 0 Å². The van der Waals surface area contributed by atoms with Crippen LogP contribution >= 0.6 is 0 Å². The van der Waals surface area contributed by atoms with Gasteiger partial charge in [0.2, 0.25) is 0 Å². The highest BCUT2D eigenvalue weighted by molar-refractivity contribution is 6.06. The van der Waals surface area contributed by atoms with Crippen LogP contribution in [0.1, 0.15) is 25.0 Å². The molecule has 2 nitrogen and oxygen atoms in total. The molecule has 1 aliphatic rings. The van der Waals surface area contributed by atoms with Gasteiger partial charge in [0.1, 0.15) is 11.2 Å². The molecule has 1 aromatic heterocycles. The Kier molecular flexibility index (Phi) is 6.56. The van der Waals surface area contributed by atoms with Crippen LogP contribution in [0.2, 0.25) is 0 Å². The zero-order valence-corrected chi connectivity index (χ0v) is 28.6. The second-order valence-corrected chi connectivity index (χ2v) is 14.1. The molecule has 0 atom stereocenters. The van der Waals surface area contributed by atoms with Crippen molar-refractivity contribution in [1.29, 1.82) is 0 Å². The maximum absolute atomic E-state index is 6.31. The summed E-state index contributed by atoms with van der Waals surface area (Å²) in [6.07, 6.45) is 0. The zero-order chi connectivity index (χ0) is 34.1. The summed E-state index contributed by atoms with van der Waals surface area (Å²) in [7, 11) is 0. The van der Waals surface area contributed by atoms with Crippen molar-refractivity contribution in [3.63, 3.8) is 0 Å². The van der Waals surface area contributed by atoms with Crippen LogP contribution in [0, 0.1) is 0 Å². The zero-order valence-electron chi connectivity index (χ0n) is 28.6. The van der Waals surface area contributed by atoms with Crippen LogP contribution in [0.25, 0.3) is 66.1 Å². The molecule has 242 valence electrons. The molecule has 2 heteroatoms. The summed E-state index contributed by atoms with van der Waals surface area (Å²) in [4.78, 5) is 2.45. The van der Waals surface area contributed by atoms with Crippen molar-refractivity contribution < 1.29 is 4.42 Å². The summed E-state index contributed by atoms with van der Waals surface area (Å²) in [6, 6.07) is 63.7.